The first-order chi connectivity index (χ1) is 35.8. The maximum atomic E-state index is 13.2. The highest BCUT2D eigenvalue weighted by Crippen LogP contribution is 2.10. The number of methoxy groups -OCH3 is 2. The fourth-order valence-corrected chi connectivity index (χ4v) is 8.27. The molecule has 2 rings (SSSR count). The van der Waals surface area contributed by atoms with Crippen molar-refractivity contribution in [3.63, 3.8) is 0 Å². The molecule has 0 radical (unpaired) electrons. The quantitative estimate of drug-likeness (QED) is 0.0240. The van der Waals surface area contributed by atoms with Gasteiger partial charge in [-0.25, -0.2) is 9.59 Å². The minimum absolute atomic E-state index is 0.0552. The Kier molecular flexibility index (Phi) is 32.0. The normalized spacial score (nSPS) is 12.5. The first-order valence-electron chi connectivity index (χ1n) is 24.4. The molecule has 7 amide bonds. The van der Waals surface area contributed by atoms with Crippen LogP contribution >= 0.6 is 36.2 Å². The Morgan fingerprint density at radius 2 is 0.907 bits per heavy atom. The Balaban J connectivity index is 1.68. The van der Waals surface area contributed by atoms with Gasteiger partial charge in [-0.1, -0.05) is 112 Å². The summed E-state index contributed by atoms with van der Waals surface area (Å²) in [5.41, 5.74) is 1.54. The molecule has 25 heteroatoms. The monoisotopic (exact) mass is 1100 g/mol. The number of thiol groups is 1. The highest BCUT2D eigenvalue weighted by molar-refractivity contribution is 8.14. The van der Waals surface area contributed by atoms with Crippen molar-refractivity contribution in [3.8, 4) is 0 Å². The molecular formula is C50H73N9O13S3. The van der Waals surface area contributed by atoms with E-state index in [1.807, 2.05) is 12.1 Å². The number of nitrogens with one attached hydrogen (secondary N) is 8. The van der Waals surface area contributed by atoms with Crippen molar-refractivity contribution in [3.05, 3.63) is 71.8 Å². The van der Waals surface area contributed by atoms with Gasteiger partial charge in [0.1, 0.15) is 24.2 Å². The molecule has 414 valence electrons. The lowest BCUT2D eigenvalue weighted by molar-refractivity contribution is -0.147. The van der Waals surface area contributed by atoms with Crippen LogP contribution in [0, 0.1) is 11.8 Å². The molecule has 0 spiro atoms. The van der Waals surface area contributed by atoms with Gasteiger partial charge in [-0.05, 0) is 35.8 Å². The maximum absolute atomic E-state index is 13.2. The molecule has 0 saturated heterocycles. The van der Waals surface area contributed by atoms with Crippen LogP contribution in [0.3, 0.4) is 0 Å². The van der Waals surface area contributed by atoms with Crippen LogP contribution in [0.2, 0.25) is 0 Å². The Bertz CT molecular complexity index is 2050. The highest BCUT2D eigenvalue weighted by Gasteiger charge is 2.31. The molecule has 0 aliphatic rings. The van der Waals surface area contributed by atoms with Crippen LogP contribution in [0.25, 0.3) is 0 Å². The summed E-state index contributed by atoms with van der Waals surface area (Å²) in [4.78, 5) is 141. The van der Waals surface area contributed by atoms with Crippen molar-refractivity contribution in [2.45, 2.75) is 77.5 Å². The smallest absolute Gasteiger partial charge is 0.328 e. The summed E-state index contributed by atoms with van der Waals surface area (Å²) in [5.74, 6) is -5.58. The number of hydrogen-bond acceptors (Lipinski definition) is 18. The summed E-state index contributed by atoms with van der Waals surface area (Å²) in [6, 6.07) is 14.1. The number of thioether (sulfide) groups is 2. The van der Waals surface area contributed by atoms with Crippen molar-refractivity contribution in [1.82, 2.24) is 47.4 Å². The van der Waals surface area contributed by atoms with E-state index in [2.05, 4.69) is 55.2 Å². The lowest BCUT2D eigenvalue weighted by Crippen LogP contribution is -2.55. The van der Waals surface area contributed by atoms with Gasteiger partial charge in [-0.15, -0.1) is 0 Å². The zero-order valence-corrected chi connectivity index (χ0v) is 45.9. The fraction of sp³-hybridized carbons (Fsp3) is 0.540. The molecule has 0 unspecified atom stereocenters. The van der Waals surface area contributed by atoms with E-state index >= 15 is 0 Å². The number of amides is 7. The van der Waals surface area contributed by atoms with E-state index in [1.54, 1.807) is 81.1 Å². The third kappa shape index (κ3) is 27.4. The van der Waals surface area contributed by atoms with Gasteiger partial charge in [0.2, 0.25) is 51.6 Å². The van der Waals surface area contributed by atoms with Crippen LogP contribution in [0.5, 0.6) is 0 Å². The number of hydrogen-bond donors (Lipinski definition) is 9. The SMILES string of the molecule is COC(=O)[C@@H](NC(=O)[C@H](Cc1ccccc1)NC(=O)CNCC(=O)SCC(=O)NCCCN(CCCNC(=O)CSC(=O)CNCC(=O)N[C@@H](Cc1ccccc1)C(=O)N[C@H](C(=O)OC)C(C)C)C(=O)CS)C(C)C. The minimum Gasteiger partial charge on any atom is -0.467 e. The molecule has 8 N–H and O–H groups in total. The zero-order chi connectivity index (χ0) is 55.7. The van der Waals surface area contributed by atoms with E-state index in [0.29, 0.717) is 12.8 Å². The van der Waals surface area contributed by atoms with Crippen LogP contribution in [-0.4, -0.2) is 176 Å². The lowest BCUT2D eigenvalue weighted by atomic mass is 10.0. The number of ether oxygens (including phenoxy) is 2. The molecule has 0 bridgehead atoms. The number of carbonyl (C=O) groups is 11. The Hall–Kier alpha value is -6.02. The number of benzene rings is 2. The van der Waals surface area contributed by atoms with Gasteiger partial charge in [0.25, 0.3) is 0 Å². The summed E-state index contributed by atoms with van der Waals surface area (Å²) in [6.45, 7) is 6.91. The largest absolute Gasteiger partial charge is 0.467 e. The molecule has 0 saturated carbocycles. The van der Waals surface area contributed by atoms with E-state index in [1.165, 1.54) is 14.2 Å². The van der Waals surface area contributed by atoms with Crippen molar-refractivity contribution in [1.29, 1.82) is 0 Å². The van der Waals surface area contributed by atoms with Gasteiger partial charge in [0.05, 0.1) is 57.7 Å². The van der Waals surface area contributed by atoms with Crippen molar-refractivity contribution < 1.29 is 62.2 Å². The van der Waals surface area contributed by atoms with Crippen LogP contribution in [0.1, 0.15) is 51.7 Å². The minimum atomic E-state index is -1.03. The van der Waals surface area contributed by atoms with Gasteiger partial charge in [0, 0.05) is 39.0 Å². The first kappa shape index (κ1) is 65.1. The van der Waals surface area contributed by atoms with Gasteiger partial charge in [-0.3, -0.25) is 43.2 Å². The maximum Gasteiger partial charge on any atom is 0.328 e. The summed E-state index contributed by atoms with van der Waals surface area (Å²) < 4.78 is 9.63. The molecule has 0 heterocycles. The molecule has 75 heavy (non-hydrogen) atoms. The standard InChI is InChI=1S/C50H73N9O13S3/c1-32(2)45(49(69)71-5)57-47(67)36(23-34-15-9-7-10-16-34)55-38(60)25-51-27-43(65)74-30-40(62)53-19-13-21-59(42(64)29-73)22-14-20-54-41(63)31-75-44(66)28-52-26-39(61)56-37(24-35-17-11-8-12-18-35)48(68)58-46(33(3)4)50(70)72-6/h7-12,15-18,32-33,36-37,45-46,51-52,73H,13-14,19-31H2,1-6H3,(H,53,62)(H,54,63)(H,55,60)(H,56,61)(H,57,67)(H,58,68)/t36-,37-,45-,46-/m0/s1. The van der Waals surface area contributed by atoms with E-state index in [4.69, 9.17) is 9.47 Å². The Morgan fingerprint density at radius 1 is 0.533 bits per heavy atom. The number of rotatable bonds is 35. The van der Waals surface area contributed by atoms with Crippen LogP contribution < -0.4 is 42.5 Å². The predicted molar refractivity (Wildman–Crippen MR) is 288 cm³/mol. The number of nitrogens with zero attached hydrogens (tertiary/aromatic N) is 1. The van der Waals surface area contributed by atoms with Gasteiger partial charge >= 0.3 is 11.9 Å². The lowest BCUT2D eigenvalue weighted by Gasteiger charge is -2.24. The van der Waals surface area contributed by atoms with Crippen molar-refractivity contribution >= 4 is 99.7 Å². The molecule has 2 aromatic carbocycles. The molecule has 4 atom stereocenters. The van der Waals surface area contributed by atoms with Gasteiger partial charge < -0.3 is 56.9 Å². The molecule has 0 aliphatic carbocycles. The third-order valence-corrected chi connectivity index (χ3v) is 12.9. The van der Waals surface area contributed by atoms with Crippen LogP contribution in [0.15, 0.2) is 60.7 Å². The topological polar surface area (TPSA) is 306 Å². The third-order valence-electron chi connectivity index (χ3n) is 10.9. The first-order valence-corrected chi connectivity index (χ1v) is 27.0. The molecular weight excluding hydrogens is 1030 g/mol. The summed E-state index contributed by atoms with van der Waals surface area (Å²) in [6.07, 6.45) is 1.07. The molecule has 0 fully saturated rings. The van der Waals surface area contributed by atoms with E-state index in [-0.39, 0.29) is 100 Å². The average Bonchev–Trinajstić information content (AvgIpc) is 3.39. The second kappa shape index (κ2) is 36.8. The van der Waals surface area contributed by atoms with Crippen LogP contribution in [0.4, 0.5) is 0 Å². The fourth-order valence-electron chi connectivity index (χ4n) is 6.88. The van der Waals surface area contributed by atoms with E-state index in [0.717, 1.165) is 34.7 Å². The highest BCUT2D eigenvalue weighted by atomic mass is 32.2. The van der Waals surface area contributed by atoms with Gasteiger partial charge in [0.15, 0.2) is 0 Å². The second-order valence-corrected chi connectivity index (χ2v) is 20.0. The summed E-state index contributed by atoms with van der Waals surface area (Å²) >= 11 is 5.60. The molecule has 22 nitrogen and oxygen atoms in total. The van der Waals surface area contributed by atoms with E-state index < -0.39 is 81.8 Å². The average molecular weight is 1100 g/mol. The van der Waals surface area contributed by atoms with Crippen LogP contribution in [-0.2, 0) is 75.1 Å². The predicted octanol–water partition coefficient (Wildman–Crippen LogP) is -0.461. The Morgan fingerprint density at radius 3 is 1.24 bits per heavy atom. The molecule has 2 aromatic rings. The number of esters is 2. The zero-order valence-electron chi connectivity index (χ0n) is 43.4. The van der Waals surface area contributed by atoms with Crippen molar-refractivity contribution in [2.24, 2.45) is 11.8 Å². The van der Waals surface area contributed by atoms with Gasteiger partial charge in [-0.2, -0.15) is 12.6 Å². The number of carbonyl (C=O) groups excluding carboxylic acids is 11. The van der Waals surface area contributed by atoms with E-state index in [9.17, 15) is 52.7 Å². The molecule has 0 aromatic heterocycles. The second-order valence-electron chi connectivity index (χ2n) is 17.6. The molecule has 0 aliphatic heterocycles. The van der Waals surface area contributed by atoms with Crippen molar-refractivity contribution in [2.75, 3.05) is 83.8 Å². The summed E-state index contributed by atoms with van der Waals surface area (Å²) in [7, 11) is 2.44. The summed E-state index contributed by atoms with van der Waals surface area (Å²) in [5, 5.41) is 20.7. The Labute approximate surface area is 452 Å².